The molecule has 0 amide bonds. The van der Waals surface area contributed by atoms with Gasteiger partial charge in [-0.15, -0.1) is 11.8 Å². The molecule has 0 spiro atoms. The first-order valence-electron chi connectivity index (χ1n) is 10.7. The number of aromatic nitrogens is 2. The second kappa shape index (κ2) is 10.2. The fraction of sp³-hybridized carbons (Fsp3) is 0.391. The maximum Gasteiger partial charge on any atom is 0.185 e. The van der Waals surface area contributed by atoms with Gasteiger partial charge in [0.05, 0.1) is 23.7 Å². The van der Waals surface area contributed by atoms with Crippen molar-refractivity contribution in [2.75, 3.05) is 32.4 Å². The quantitative estimate of drug-likeness (QED) is 0.216. The number of fused-ring (bicyclic) bond motifs is 1. The number of benzene rings is 2. The first-order valence-corrected chi connectivity index (χ1v) is 11.6. The second-order valence-electron chi connectivity index (χ2n) is 7.89. The molecule has 8 heteroatoms. The van der Waals surface area contributed by atoms with Gasteiger partial charge in [-0.25, -0.2) is 4.98 Å². The Morgan fingerprint density at radius 3 is 2.81 bits per heavy atom. The summed E-state index contributed by atoms with van der Waals surface area (Å²) in [7, 11) is 2.16. The molecule has 4 rings (SSSR count). The Balaban J connectivity index is 1.57. The van der Waals surface area contributed by atoms with Gasteiger partial charge < -0.3 is 26.1 Å². The van der Waals surface area contributed by atoms with Gasteiger partial charge in [0.1, 0.15) is 11.9 Å². The summed E-state index contributed by atoms with van der Waals surface area (Å²) in [5, 5.41) is 0. The molecule has 2 heterocycles. The molecular weight excluding hydrogens is 408 g/mol. The Morgan fingerprint density at radius 2 is 2.03 bits per heavy atom. The number of para-hydroxylation sites is 2. The number of nitrogens with zero attached hydrogens (tertiary/aromatic N) is 3. The lowest BCUT2D eigenvalue weighted by molar-refractivity contribution is -0.0264. The van der Waals surface area contributed by atoms with Gasteiger partial charge in [0.2, 0.25) is 0 Å². The summed E-state index contributed by atoms with van der Waals surface area (Å²) >= 11 is 1.73. The second-order valence-corrected chi connectivity index (χ2v) is 9.05. The number of guanidine groups is 1. The molecule has 1 atom stereocenters. The molecule has 1 saturated heterocycles. The van der Waals surface area contributed by atoms with E-state index in [9.17, 15) is 0 Å². The van der Waals surface area contributed by atoms with Crippen molar-refractivity contribution in [1.29, 1.82) is 0 Å². The van der Waals surface area contributed by atoms with E-state index in [0.29, 0.717) is 6.54 Å². The molecule has 1 aliphatic rings. The first-order chi connectivity index (χ1) is 15.1. The van der Waals surface area contributed by atoms with E-state index in [1.54, 1.807) is 11.8 Å². The number of imidazole rings is 1. The Morgan fingerprint density at radius 1 is 1.23 bits per heavy atom. The molecule has 0 saturated carbocycles. The summed E-state index contributed by atoms with van der Waals surface area (Å²) in [6.45, 7) is 2.70. The standard InChI is InChI=1S/C23H30N6OS/c1-29-12-9-17(10-13-29)30-21(22-27-19-7-2-3-8-20(19)28-22)16-5-4-6-18(15-16)31-14-11-26-23(24)25/h2-8,15,17,21H,9-14H2,1H3,(H,27,28)(H4,24,25,26). The summed E-state index contributed by atoms with van der Waals surface area (Å²) in [4.78, 5) is 15.9. The molecule has 3 aromatic rings. The Bertz CT molecular complexity index is 991. The van der Waals surface area contributed by atoms with Crippen LogP contribution in [0.3, 0.4) is 0 Å². The Labute approximate surface area is 187 Å². The average molecular weight is 439 g/mol. The molecule has 1 aromatic heterocycles. The van der Waals surface area contributed by atoms with Crippen LogP contribution in [-0.4, -0.2) is 59.4 Å². The van der Waals surface area contributed by atoms with E-state index in [-0.39, 0.29) is 18.2 Å². The number of rotatable bonds is 8. The van der Waals surface area contributed by atoms with E-state index in [1.807, 2.05) is 18.2 Å². The fourth-order valence-electron chi connectivity index (χ4n) is 3.82. The lowest BCUT2D eigenvalue weighted by Gasteiger charge is -2.31. The largest absolute Gasteiger partial charge is 0.370 e. The molecular formula is C23H30N6OS. The molecule has 0 radical (unpaired) electrons. The number of thioether (sulfide) groups is 1. The van der Waals surface area contributed by atoms with Gasteiger partial charge in [-0.3, -0.25) is 4.99 Å². The predicted octanol–water partition coefficient (Wildman–Crippen LogP) is 3.13. The highest BCUT2D eigenvalue weighted by Gasteiger charge is 2.26. The van der Waals surface area contributed by atoms with Gasteiger partial charge in [0.15, 0.2) is 5.96 Å². The van der Waals surface area contributed by atoms with Crippen molar-refractivity contribution in [3.63, 3.8) is 0 Å². The molecule has 5 N–H and O–H groups in total. The van der Waals surface area contributed by atoms with Crippen LogP contribution in [-0.2, 0) is 4.74 Å². The normalized spacial score (nSPS) is 16.4. The highest BCUT2D eigenvalue weighted by molar-refractivity contribution is 7.99. The van der Waals surface area contributed by atoms with Crippen molar-refractivity contribution in [2.24, 2.45) is 16.5 Å². The van der Waals surface area contributed by atoms with Gasteiger partial charge in [-0.05, 0) is 49.7 Å². The van der Waals surface area contributed by atoms with Crippen LogP contribution in [0.2, 0.25) is 0 Å². The maximum atomic E-state index is 6.67. The van der Waals surface area contributed by atoms with Crippen molar-refractivity contribution < 1.29 is 4.74 Å². The van der Waals surface area contributed by atoms with Crippen molar-refractivity contribution in [2.45, 2.75) is 29.9 Å². The number of H-pyrrole nitrogens is 1. The van der Waals surface area contributed by atoms with Crippen LogP contribution in [0.4, 0.5) is 0 Å². The molecule has 7 nitrogen and oxygen atoms in total. The minimum Gasteiger partial charge on any atom is -0.370 e. The van der Waals surface area contributed by atoms with Crippen LogP contribution >= 0.6 is 11.8 Å². The van der Waals surface area contributed by atoms with Gasteiger partial charge in [-0.1, -0.05) is 24.3 Å². The zero-order valence-electron chi connectivity index (χ0n) is 17.8. The zero-order valence-corrected chi connectivity index (χ0v) is 18.6. The number of aromatic amines is 1. The maximum absolute atomic E-state index is 6.67. The van der Waals surface area contributed by atoms with E-state index < -0.39 is 0 Å². The highest BCUT2D eigenvalue weighted by Crippen LogP contribution is 2.32. The lowest BCUT2D eigenvalue weighted by atomic mass is 10.1. The van der Waals surface area contributed by atoms with Crippen molar-refractivity contribution in [3.8, 4) is 0 Å². The van der Waals surface area contributed by atoms with Crippen molar-refractivity contribution in [3.05, 3.63) is 59.9 Å². The molecule has 0 bridgehead atoms. The van der Waals surface area contributed by atoms with Gasteiger partial charge in [-0.2, -0.15) is 0 Å². The number of nitrogens with two attached hydrogens (primary N) is 2. The lowest BCUT2D eigenvalue weighted by Crippen LogP contribution is -2.35. The fourth-order valence-corrected chi connectivity index (χ4v) is 4.63. The number of likely N-dealkylation sites (tertiary alicyclic amines) is 1. The number of hydrogen-bond donors (Lipinski definition) is 3. The summed E-state index contributed by atoms with van der Waals surface area (Å²) in [5.74, 6) is 1.79. The Kier molecular flexibility index (Phi) is 7.11. The molecule has 2 aromatic carbocycles. The molecule has 31 heavy (non-hydrogen) atoms. The minimum atomic E-state index is -0.237. The van der Waals surface area contributed by atoms with Gasteiger partial charge >= 0.3 is 0 Å². The van der Waals surface area contributed by atoms with E-state index in [0.717, 1.165) is 59.0 Å². The molecule has 164 valence electrons. The first kappa shape index (κ1) is 21.7. The number of ether oxygens (including phenoxy) is 1. The van der Waals surface area contributed by atoms with Crippen LogP contribution in [0, 0.1) is 0 Å². The van der Waals surface area contributed by atoms with E-state index in [2.05, 4.69) is 52.3 Å². The molecule has 0 aliphatic carbocycles. The van der Waals surface area contributed by atoms with Gasteiger partial charge in [0, 0.05) is 23.7 Å². The van der Waals surface area contributed by atoms with Crippen LogP contribution in [0.1, 0.15) is 30.3 Å². The third kappa shape index (κ3) is 5.78. The summed E-state index contributed by atoms with van der Waals surface area (Å²) in [6.07, 6.45) is 2.03. The van der Waals surface area contributed by atoms with Crippen LogP contribution in [0.15, 0.2) is 58.4 Å². The summed E-state index contributed by atoms with van der Waals surface area (Å²) < 4.78 is 6.67. The smallest absolute Gasteiger partial charge is 0.185 e. The van der Waals surface area contributed by atoms with Gasteiger partial charge in [0.25, 0.3) is 0 Å². The van der Waals surface area contributed by atoms with Crippen molar-refractivity contribution >= 4 is 28.8 Å². The van der Waals surface area contributed by atoms with Crippen LogP contribution in [0.5, 0.6) is 0 Å². The van der Waals surface area contributed by atoms with Crippen LogP contribution in [0.25, 0.3) is 11.0 Å². The molecule has 1 fully saturated rings. The zero-order chi connectivity index (χ0) is 21.6. The average Bonchev–Trinajstić information content (AvgIpc) is 3.20. The van der Waals surface area contributed by atoms with Crippen LogP contribution < -0.4 is 11.5 Å². The monoisotopic (exact) mass is 438 g/mol. The predicted molar refractivity (Wildman–Crippen MR) is 127 cm³/mol. The van der Waals surface area contributed by atoms with E-state index in [4.69, 9.17) is 21.2 Å². The number of hydrogen-bond acceptors (Lipinski definition) is 5. The molecule has 1 aliphatic heterocycles. The summed E-state index contributed by atoms with van der Waals surface area (Å²) in [6, 6.07) is 16.6. The highest BCUT2D eigenvalue weighted by atomic mass is 32.2. The Hall–Kier alpha value is -2.55. The number of aliphatic imine (C=N–C) groups is 1. The van der Waals surface area contributed by atoms with Crippen molar-refractivity contribution in [1.82, 2.24) is 14.9 Å². The third-order valence-corrected chi connectivity index (χ3v) is 6.44. The number of nitrogens with one attached hydrogen (secondary N) is 1. The topological polar surface area (TPSA) is 106 Å². The number of piperidine rings is 1. The van der Waals surface area contributed by atoms with E-state index in [1.165, 1.54) is 0 Å². The molecule has 1 unspecified atom stereocenters. The minimum absolute atomic E-state index is 0.130. The SMILES string of the molecule is CN1CCC(OC(c2cccc(SCCN=C(N)N)c2)c2nc3ccccc3[nH]2)CC1. The van der Waals surface area contributed by atoms with E-state index >= 15 is 0 Å². The summed E-state index contributed by atoms with van der Waals surface area (Å²) in [5.41, 5.74) is 13.9. The third-order valence-electron chi connectivity index (χ3n) is 5.47.